The fourth-order valence-electron chi connectivity index (χ4n) is 2.63. The van der Waals surface area contributed by atoms with Crippen LogP contribution in [0, 0.1) is 0 Å². The summed E-state index contributed by atoms with van der Waals surface area (Å²) < 4.78 is 0. The Morgan fingerprint density at radius 2 is 1.86 bits per heavy atom. The van der Waals surface area contributed by atoms with Crippen LogP contribution in [0.25, 0.3) is 0 Å². The third-order valence-corrected chi connectivity index (χ3v) is 5.31. The zero-order valence-corrected chi connectivity index (χ0v) is 14.3. The third kappa shape index (κ3) is 3.45. The molecule has 0 saturated carbocycles. The van der Waals surface area contributed by atoms with Gasteiger partial charge in [0.25, 0.3) is 0 Å². The first kappa shape index (κ1) is 15.4. The highest BCUT2D eigenvalue weighted by molar-refractivity contribution is 7.99. The number of thioether (sulfide) groups is 1. The predicted molar refractivity (Wildman–Crippen MR) is 99.7 cm³/mol. The number of fused-ring (bicyclic) bond motifs is 1. The summed E-state index contributed by atoms with van der Waals surface area (Å²) >= 11 is 7.61. The highest BCUT2D eigenvalue weighted by Gasteiger charge is 2.20. The van der Waals surface area contributed by atoms with E-state index in [0.717, 1.165) is 23.8 Å². The van der Waals surface area contributed by atoms with Crippen molar-refractivity contribution in [3.8, 4) is 0 Å². The molecule has 1 N–H and O–H groups in total. The van der Waals surface area contributed by atoms with E-state index in [-0.39, 0.29) is 6.04 Å². The summed E-state index contributed by atoms with van der Waals surface area (Å²) in [6.07, 6.45) is 1.14. The smallest absolute Gasteiger partial charge is 0.173 e. The summed E-state index contributed by atoms with van der Waals surface area (Å²) in [5.41, 5.74) is 2.48. The minimum atomic E-state index is 0.205. The van der Waals surface area contributed by atoms with Crippen molar-refractivity contribution in [1.29, 1.82) is 0 Å². The molecule has 0 radical (unpaired) electrons. The minimum absolute atomic E-state index is 0.205. The molecule has 0 unspecified atom stereocenters. The Morgan fingerprint density at radius 1 is 1.14 bits per heavy atom. The van der Waals surface area contributed by atoms with Crippen LogP contribution in [0.5, 0.6) is 0 Å². The Labute approximate surface area is 141 Å². The summed E-state index contributed by atoms with van der Waals surface area (Å²) in [4.78, 5) is 3.56. The van der Waals surface area contributed by atoms with Crippen molar-refractivity contribution in [2.24, 2.45) is 0 Å². The van der Waals surface area contributed by atoms with Gasteiger partial charge in [0.15, 0.2) is 5.11 Å². The normalized spacial score (nSPS) is 15.6. The fourth-order valence-corrected chi connectivity index (χ4v) is 3.99. The molecule has 2 aromatic rings. The molecule has 22 heavy (non-hydrogen) atoms. The van der Waals surface area contributed by atoms with E-state index in [2.05, 4.69) is 65.7 Å². The molecule has 0 spiro atoms. The molecule has 3 rings (SSSR count). The van der Waals surface area contributed by atoms with E-state index in [1.54, 1.807) is 0 Å². The van der Waals surface area contributed by atoms with Crippen molar-refractivity contribution in [3.63, 3.8) is 0 Å². The second-order valence-corrected chi connectivity index (χ2v) is 6.93. The van der Waals surface area contributed by atoms with Crippen molar-refractivity contribution >= 4 is 34.8 Å². The highest BCUT2D eigenvalue weighted by Crippen LogP contribution is 2.33. The van der Waals surface area contributed by atoms with Crippen LogP contribution in [-0.2, 0) is 0 Å². The lowest BCUT2D eigenvalue weighted by molar-refractivity contribution is 0.709. The van der Waals surface area contributed by atoms with Gasteiger partial charge in [-0.1, -0.05) is 42.5 Å². The summed E-state index contributed by atoms with van der Waals surface area (Å²) in [5.74, 6) is 1.14. The average Bonchev–Trinajstić information content (AvgIpc) is 2.78. The molecular weight excluding hydrogens is 308 g/mol. The molecule has 0 fully saturated rings. The monoisotopic (exact) mass is 328 g/mol. The number of nitrogens with one attached hydrogen (secondary N) is 1. The molecule has 1 heterocycles. The molecule has 1 aliphatic rings. The Morgan fingerprint density at radius 3 is 2.68 bits per heavy atom. The van der Waals surface area contributed by atoms with Crippen LogP contribution < -0.4 is 10.2 Å². The largest absolute Gasteiger partial charge is 0.356 e. The van der Waals surface area contributed by atoms with Gasteiger partial charge in [-0.2, -0.15) is 0 Å². The van der Waals surface area contributed by atoms with Crippen LogP contribution in [0.2, 0.25) is 0 Å². The van der Waals surface area contributed by atoms with E-state index in [1.807, 2.05) is 17.8 Å². The molecular formula is C18H20N2S2. The Kier molecular flexibility index (Phi) is 5.01. The first-order valence-corrected chi connectivity index (χ1v) is 9.00. The van der Waals surface area contributed by atoms with Crippen molar-refractivity contribution in [3.05, 3.63) is 60.2 Å². The second-order valence-electron chi connectivity index (χ2n) is 5.40. The maximum absolute atomic E-state index is 5.69. The van der Waals surface area contributed by atoms with Gasteiger partial charge in [0.2, 0.25) is 0 Å². The van der Waals surface area contributed by atoms with Gasteiger partial charge in [-0.15, -0.1) is 11.8 Å². The van der Waals surface area contributed by atoms with E-state index >= 15 is 0 Å². The molecule has 0 bridgehead atoms. The molecule has 4 heteroatoms. The lowest BCUT2D eigenvalue weighted by Crippen LogP contribution is -2.41. The number of rotatable bonds is 2. The molecule has 2 nitrogen and oxygen atoms in total. The van der Waals surface area contributed by atoms with Crippen LogP contribution in [0.4, 0.5) is 5.69 Å². The number of thiocarbonyl (C=S) groups is 1. The molecule has 0 amide bonds. The summed E-state index contributed by atoms with van der Waals surface area (Å²) in [6.45, 7) is 3.12. The highest BCUT2D eigenvalue weighted by atomic mass is 32.2. The number of para-hydroxylation sites is 1. The maximum Gasteiger partial charge on any atom is 0.173 e. The van der Waals surface area contributed by atoms with Crippen LogP contribution in [-0.4, -0.2) is 17.4 Å². The van der Waals surface area contributed by atoms with E-state index in [4.69, 9.17) is 12.2 Å². The van der Waals surface area contributed by atoms with Crippen molar-refractivity contribution < 1.29 is 0 Å². The lowest BCUT2D eigenvalue weighted by atomic mass is 10.1. The van der Waals surface area contributed by atoms with Crippen molar-refractivity contribution in [2.45, 2.75) is 24.3 Å². The van der Waals surface area contributed by atoms with Crippen LogP contribution >= 0.6 is 24.0 Å². The van der Waals surface area contributed by atoms with Gasteiger partial charge in [-0.05, 0) is 49.0 Å². The topological polar surface area (TPSA) is 15.3 Å². The number of nitrogens with zero attached hydrogens (tertiary/aromatic N) is 1. The SMILES string of the molecule is C[C@@H](NC(=S)N1CCCSc2ccccc21)c1ccccc1. The van der Waals surface area contributed by atoms with E-state index in [9.17, 15) is 0 Å². The van der Waals surface area contributed by atoms with Crippen LogP contribution in [0.3, 0.4) is 0 Å². The standard InChI is InChI=1S/C18H20N2S2/c1-14(15-8-3-2-4-9-15)19-18(21)20-12-7-13-22-17-11-6-5-10-16(17)20/h2-6,8-11,14H,7,12-13H2,1H3,(H,19,21)/t14-/m1/s1. The lowest BCUT2D eigenvalue weighted by Gasteiger charge is -2.28. The van der Waals surface area contributed by atoms with Gasteiger partial charge in [0.1, 0.15) is 0 Å². The second kappa shape index (κ2) is 7.16. The summed E-state index contributed by atoms with van der Waals surface area (Å²) in [5, 5.41) is 4.29. The van der Waals surface area contributed by atoms with Crippen molar-refractivity contribution in [2.75, 3.05) is 17.2 Å². The van der Waals surface area contributed by atoms with Gasteiger partial charge >= 0.3 is 0 Å². The van der Waals surface area contributed by atoms with Crippen LogP contribution in [0.15, 0.2) is 59.5 Å². The number of hydrogen-bond donors (Lipinski definition) is 1. The first-order chi connectivity index (χ1) is 10.8. The molecule has 1 aliphatic heterocycles. The van der Waals surface area contributed by atoms with Gasteiger partial charge < -0.3 is 10.2 Å². The molecule has 1 atom stereocenters. The zero-order chi connectivity index (χ0) is 15.4. The number of benzene rings is 2. The van der Waals surface area contributed by atoms with E-state index in [0.29, 0.717) is 0 Å². The molecule has 0 saturated heterocycles. The number of anilines is 1. The minimum Gasteiger partial charge on any atom is -0.356 e. The Hall–Kier alpha value is -1.52. The van der Waals surface area contributed by atoms with Gasteiger partial charge in [0, 0.05) is 11.4 Å². The van der Waals surface area contributed by atoms with Gasteiger partial charge in [0.05, 0.1) is 11.7 Å². The Bertz CT molecular complexity index is 643. The molecule has 0 aliphatic carbocycles. The number of hydrogen-bond acceptors (Lipinski definition) is 2. The van der Waals surface area contributed by atoms with Gasteiger partial charge in [-0.25, -0.2) is 0 Å². The third-order valence-electron chi connectivity index (χ3n) is 3.82. The predicted octanol–water partition coefficient (Wildman–Crippen LogP) is 4.62. The maximum atomic E-state index is 5.69. The first-order valence-electron chi connectivity index (χ1n) is 7.60. The van der Waals surface area contributed by atoms with Crippen molar-refractivity contribution in [1.82, 2.24) is 5.32 Å². The molecule has 0 aromatic heterocycles. The molecule has 2 aromatic carbocycles. The average molecular weight is 329 g/mol. The summed E-state index contributed by atoms with van der Waals surface area (Å²) in [6, 6.07) is 19.2. The van der Waals surface area contributed by atoms with E-state index < -0.39 is 0 Å². The molecule has 114 valence electrons. The zero-order valence-electron chi connectivity index (χ0n) is 12.7. The van der Waals surface area contributed by atoms with Crippen LogP contribution in [0.1, 0.15) is 24.9 Å². The van der Waals surface area contributed by atoms with E-state index in [1.165, 1.54) is 16.1 Å². The fraction of sp³-hybridized carbons (Fsp3) is 0.278. The summed E-state index contributed by atoms with van der Waals surface area (Å²) in [7, 11) is 0. The van der Waals surface area contributed by atoms with Gasteiger partial charge in [-0.3, -0.25) is 0 Å². The quantitative estimate of drug-likeness (QED) is 0.809. The Balaban J connectivity index is 1.77.